The molecule has 0 radical (unpaired) electrons. The molecular weight excluding hydrogens is 435 g/mol. The zero-order chi connectivity index (χ0) is 20.5. The van der Waals surface area contributed by atoms with Crippen LogP contribution in [0.5, 0.6) is 5.75 Å². The van der Waals surface area contributed by atoms with E-state index in [4.69, 9.17) is 38.2 Å². The number of nitrogen functional groups attached to an aromatic ring is 1. The SMILES string of the molecule is COc1ccc2c(CSc3nnc(-c4ccc(Cl)cc4Cl)n3N)cc(=O)oc2c1. The van der Waals surface area contributed by atoms with Crippen molar-refractivity contribution in [2.45, 2.75) is 10.9 Å². The Morgan fingerprint density at radius 1 is 1.17 bits per heavy atom. The minimum absolute atomic E-state index is 0.413. The standard InChI is InChI=1S/C19H14Cl2N4O3S/c1-27-12-3-5-13-10(6-17(26)28-16(13)8-12)9-29-19-24-23-18(25(19)22)14-4-2-11(20)7-15(14)21/h2-8H,9,22H2,1H3. The Hall–Kier alpha value is -2.68. The summed E-state index contributed by atoms with van der Waals surface area (Å²) in [5.74, 6) is 7.63. The minimum atomic E-state index is -0.441. The molecule has 148 valence electrons. The first-order valence-corrected chi connectivity index (χ1v) is 10.1. The van der Waals surface area contributed by atoms with Gasteiger partial charge in [0.15, 0.2) is 5.82 Å². The van der Waals surface area contributed by atoms with Gasteiger partial charge in [-0.2, -0.15) is 0 Å². The minimum Gasteiger partial charge on any atom is -0.497 e. The Morgan fingerprint density at radius 3 is 2.76 bits per heavy atom. The van der Waals surface area contributed by atoms with Crippen LogP contribution in [0.2, 0.25) is 10.0 Å². The van der Waals surface area contributed by atoms with Crippen LogP contribution in [0.3, 0.4) is 0 Å². The van der Waals surface area contributed by atoms with Crippen molar-refractivity contribution in [2.75, 3.05) is 13.0 Å². The second kappa shape index (κ2) is 7.98. The molecule has 7 nitrogen and oxygen atoms in total. The summed E-state index contributed by atoms with van der Waals surface area (Å²) < 4.78 is 11.8. The second-order valence-corrected chi connectivity index (χ2v) is 7.83. The molecule has 2 aromatic carbocycles. The third kappa shape index (κ3) is 3.91. The molecule has 0 atom stereocenters. The lowest BCUT2D eigenvalue weighted by Gasteiger charge is -2.07. The van der Waals surface area contributed by atoms with E-state index in [1.807, 2.05) is 12.1 Å². The highest BCUT2D eigenvalue weighted by molar-refractivity contribution is 7.98. The number of aromatic nitrogens is 3. The van der Waals surface area contributed by atoms with Crippen molar-refractivity contribution in [2.24, 2.45) is 0 Å². The van der Waals surface area contributed by atoms with Gasteiger partial charge in [-0.1, -0.05) is 35.0 Å². The van der Waals surface area contributed by atoms with Crippen LogP contribution in [-0.2, 0) is 5.75 Å². The van der Waals surface area contributed by atoms with Gasteiger partial charge in [0, 0.05) is 33.9 Å². The van der Waals surface area contributed by atoms with Crippen LogP contribution in [0.15, 0.2) is 56.8 Å². The van der Waals surface area contributed by atoms with Crippen molar-refractivity contribution in [1.82, 2.24) is 14.9 Å². The van der Waals surface area contributed by atoms with Crippen LogP contribution >= 0.6 is 35.0 Å². The van der Waals surface area contributed by atoms with E-state index in [1.165, 1.54) is 22.5 Å². The molecule has 2 N–H and O–H groups in total. The van der Waals surface area contributed by atoms with Gasteiger partial charge < -0.3 is 15.0 Å². The number of fused-ring (bicyclic) bond motifs is 1. The first-order chi connectivity index (χ1) is 14.0. The topological polar surface area (TPSA) is 96.2 Å². The van der Waals surface area contributed by atoms with Crippen LogP contribution in [0.25, 0.3) is 22.4 Å². The lowest BCUT2D eigenvalue weighted by Crippen LogP contribution is -2.11. The van der Waals surface area contributed by atoms with Crippen LogP contribution in [0.4, 0.5) is 0 Å². The molecule has 0 fully saturated rings. The number of halogens is 2. The van der Waals surface area contributed by atoms with E-state index in [-0.39, 0.29) is 0 Å². The summed E-state index contributed by atoms with van der Waals surface area (Å²) in [4.78, 5) is 11.9. The number of methoxy groups -OCH3 is 1. The van der Waals surface area contributed by atoms with Crippen molar-refractivity contribution >= 4 is 45.9 Å². The molecule has 2 heterocycles. The van der Waals surface area contributed by atoms with Crippen molar-refractivity contribution < 1.29 is 9.15 Å². The summed E-state index contributed by atoms with van der Waals surface area (Å²) >= 11 is 13.5. The summed E-state index contributed by atoms with van der Waals surface area (Å²) in [5.41, 5.74) is 1.42. The van der Waals surface area contributed by atoms with Crippen LogP contribution in [0, 0.1) is 0 Å². The van der Waals surface area contributed by atoms with E-state index in [2.05, 4.69) is 10.2 Å². The number of thioether (sulfide) groups is 1. The maximum absolute atomic E-state index is 11.9. The van der Waals surface area contributed by atoms with Crippen molar-refractivity contribution in [1.29, 1.82) is 0 Å². The first-order valence-electron chi connectivity index (χ1n) is 8.36. The number of ether oxygens (including phenoxy) is 1. The third-order valence-corrected chi connectivity index (χ3v) is 5.77. The molecule has 29 heavy (non-hydrogen) atoms. The first kappa shape index (κ1) is 19.6. The lowest BCUT2D eigenvalue weighted by atomic mass is 10.1. The highest BCUT2D eigenvalue weighted by Gasteiger charge is 2.16. The fourth-order valence-corrected chi connectivity index (χ4v) is 4.17. The molecule has 4 aromatic rings. The number of nitrogens with two attached hydrogens (primary N) is 1. The van der Waals surface area contributed by atoms with Gasteiger partial charge in [-0.25, -0.2) is 9.47 Å². The highest BCUT2D eigenvalue weighted by atomic mass is 35.5. The Labute approximate surface area is 179 Å². The average Bonchev–Trinajstić information content (AvgIpc) is 3.05. The van der Waals surface area contributed by atoms with E-state index >= 15 is 0 Å². The molecule has 0 bridgehead atoms. The predicted molar refractivity (Wildman–Crippen MR) is 114 cm³/mol. The molecule has 0 spiro atoms. The van der Waals surface area contributed by atoms with Crippen molar-refractivity contribution in [3.05, 3.63) is 68.5 Å². The molecular formula is C19H14Cl2N4O3S. The summed E-state index contributed by atoms with van der Waals surface area (Å²) in [6, 6.07) is 11.8. The van der Waals surface area contributed by atoms with Gasteiger partial charge in [0.1, 0.15) is 11.3 Å². The number of hydrogen-bond donors (Lipinski definition) is 1. The maximum atomic E-state index is 11.9. The molecule has 0 saturated carbocycles. The Morgan fingerprint density at radius 2 is 2.00 bits per heavy atom. The fourth-order valence-electron chi connectivity index (χ4n) is 2.83. The van der Waals surface area contributed by atoms with E-state index in [0.29, 0.717) is 43.7 Å². The molecule has 0 amide bonds. The van der Waals surface area contributed by atoms with Gasteiger partial charge in [0.05, 0.1) is 12.1 Å². The van der Waals surface area contributed by atoms with Gasteiger partial charge in [0.25, 0.3) is 0 Å². The summed E-state index contributed by atoms with van der Waals surface area (Å²) in [6.45, 7) is 0. The number of nitrogens with zero attached hydrogens (tertiary/aromatic N) is 3. The molecule has 0 aliphatic heterocycles. The number of hydrogen-bond acceptors (Lipinski definition) is 7. The zero-order valence-electron chi connectivity index (χ0n) is 15.1. The van der Waals surface area contributed by atoms with E-state index < -0.39 is 5.63 Å². The average molecular weight is 449 g/mol. The van der Waals surface area contributed by atoms with Gasteiger partial charge >= 0.3 is 5.63 Å². The molecule has 0 aliphatic rings. The lowest BCUT2D eigenvalue weighted by molar-refractivity contribution is 0.414. The number of rotatable bonds is 5. The maximum Gasteiger partial charge on any atom is 0.336 e. The third-order valence-electron chi connectivity index (χ3n) is 4.23. The molecule has 10 heteroatoms. The Bertz CT molecular complexity index is 1270. The zero-order valence-corrected chi connectivity index (χ0v) is 17.4. The molecule has 0 aliphatic carbocycles. The monoisotopic (exact) mass is 448 g/mol. The summed E-state index contributed by atoms with van der Waals surface area (Å²) in [7, 11) is 1.55. The highest BCUT2D eigenvalue weighted by Crippen LogP contribution is 2.32. The fraction of sp³-hybridized carbons (Fsp3) is 0.105. The smallest absolute Gasteiger partial charge is 0.336 e. The van der Waals surface area contributed by atoms with Crippen molar-refractivity contribution in [3.63, 3.8) is 0 Å². The number of benzene rings is 2. The van der Waals surface area contributed by atoms with Gasteiger partial charge in [-0.15, -0.1) is 10.2 Å². The quantitative estimate of drug-likeness (QED) is 0.275. The molecule has 0 saturated heterocycles. The van der Waals surface area contributed by atoms with Gasteiger partial charge in [-0.3, -0.25) is 0 Å². The van der Waals surface area contributed by atoms with E-state index in [1.54, 1.807) is 31.4 Å². The van der Waals surface area contributed by atoms with Crippen molar-refractivity contribution in [3.8, 4) is 17.1 Å². The van der Waals surface area contributed by atoms with Crippen LogP contribution in [-0.4, -0.2) is 22.0 Å². The Kier molecular flexibility index (Phi) is 5.40. The summed E-state index contributed by atoms with van der Waals surface area (Å²) in [6.07, 6.45) is 0. The molecule has 0 unspecified atom stereocenters. The molecule has 2 aromatic heterocycles. The van der Waals surface area contributed by atoms with E-state index in [9.17, 15) is 4.79 Å². The molecule has 4 rings (SSSR count). The normalized spacial score (nSPS) is 11.1. The summed E-state index contributed by atoms with van der Waals surface area (Å²) in [5, 5.41) is 10.5. The second-order valence-electron chi connectivity index (χ2n) is 6.04. The van der Waals surface area contributed by atoms with Crippen LogP contribution in [0.1, 0.15) is 5.56 Å². The van der Waals surface area contributed by atoms with E-state index in [0.717, 1.165) is 10.9 Å². The Balaban J connectivity index is 1.63. The largest absolute Gasteiger partial charge is 0.497 e. The van der Waals surface area contributed by atoms with Gasteiger partial charge in [0.2, 0.25) is 5.16 Å². The predicted octanol–water partition coefficient (Wildman–Crippen LogP) is 4.37. The van der Waals surface area contributed by atoms with Gasteiger partial charge in [-0.05, 0) is 35.9 Å². The van der Waals surface area contributed by atoms with Crippen LogP contribution < -0.4 is 16.2 Å².